The van der Waals surface area contributed by atoms with E-state index >= 15 is 0 Å². The molecule has 1 atom stereocenters. The summed E-state index contributed by atoms with van der Waals surface area (Å²) >= 11 is 1.91. The van der Waals surface area contributed by atoms with Crippen molar-refractivity contribution in [1.82, 2.24) is 9.80 Å². The molecule has 2 heterocycles. The highest BCUT2D eigenvalue weighted by atomic mass is 32.2. The average molecular weight is 248 g/mol. The van der Waals surface area contributed by atoms with E-state index in [9.17, 15) is 4.79 Å². The number of urea groups is 1. The molecule has 1 fully saturated rings. The third-order valence-electron chi connectivity index (χ3n) is 3.44. The van der Waals surface area contributed by atoms with Gasteiger partial charge in [-0.2, -0.15) is 0 Å². The van der Waals surface area contributed by atoms with Crippen molar-refractivity contribution >= 4 is 17.8 Å². The molecular weight excluding hydrogens is 232 g/mol. The summed E-state index contributed by atoms with van der Waals surface area (Å²) in [5, 5.41) is 0.530. The van der Waals surface area contributed by atoms with Crippen molar-refractivity contribution in [3.63, 3.8) is 0 Å². The standard InChI is InChI=1S/C13H16N2OS/c1-14-6-7-15(13(14)16)9-11-8-10-4-2-3-5-12(10)17-11/h2-5,11H,6-9H2,1H3. The Labute approximate surface area is 106 Å². The van der Waals surface area contributed by atoms with Gasteiger partial charge in [-0.05, 0) is 18.1 Å². The molecule has 0 aliphatic carbocycles. The van der Waals surface area contributed by atoms with E-state index in [1.54, 1.807) is 4.90 Å². The van der Waals surface area contributed by atoms with Gasteiger partial charge in [-0.25, -0.2) is 4.79 Å². The van der Waals surface area contributed by atoms with Crippen LogP contribution in [0.2, 0.25) is 0 Å². The lowest BCUT2D eigenvalue weighted by atomic mass is 10.1. The molecule has 1 saturated heterocycles. The molecule has 0 spiro atoms. The molecule has 1 unspecified atom stereocenters. The molecule has 2 amide bonds. The summed E-state index contributed by atoms with van der Waals surface area (Å²) < 4.78 is 0. The highest BCUT2D eigenvalue weighted by Gasteiger charge is 2.30. The molecule has 0 bridgehead atoms. The summed E-state index contributed by atoms with van der Waals surface area (Å²) in [6.07, 6.45) is 1.09. The number of rotatable bonds is 2. The molecule has 1 aromatic carbocycles. The van der Waals surface area contributed by atoms with Gasteiger partial charge >= 0.3 is 6.03 Å². The van der Waals surface area contributed by atoms with Gasteiger partial charge in [0.05, 0.1) is 0 Å². The van der Waals surface area contributed by atoms with Crippen molar-refractivity contribution in [2.45, 2.75) is 16.6 Å². The van der Waals surface area contributed by atoms with E-state index in [1.807, 2.05) is 23.7 Å². The van der Waals surface area contributed by atoms with Crippen molar-refractivity contribution < 1.29 is 4.79 Å². The predicted octanol–water partition coefficient (Wildman–Crippen LogP) is 2.07. The summed E-state index contributed by atoms with van der Waals surface area (Å²) in [5.74, 6) is 0. The monoisotopic (exact) mass is 248 g/mol. The van der Waals surface area contributed by atoms with Crippen LogP contribution in [0.3, 0.4) is 0 Å². The largest absolute Gasteiger partial charge is 0.326 e. The summed E-state index contributed by atoms with van der Waals surface area (Å²) in [4.78, 5) is 17.0. The summed E-state index contributed by atoms with van der Waals surface area (Å²) in [6.45, 7) is 2.62. The second-order valence-corrected chi connectivity index (χ2v) is 6.04. The van der Waals surface area contributed by atoms with Crippen LogP contribution >= 0.6 is 11.8 Å². The van der Waals surface area contributed by atoms with Crippen molar-refractivity contribution in [3.8, 4) is 0 Å². The van der Waals surface area contributed by atoms with Crippen LogP contribution in [-0.4, -0.2) is 47.8 Å². The van der Waals surface area contributed by atoms with E-state index in [0.717, 1.165) is 26.1 Å². The van der Waals surface area contributed by atoms with Crippen molar-refractivity contribution in [1.29, 1.82) is 0 Å². The zero-order valence-electron chi connectivity index (χ0n) is 9.93. The number of benzene rings is 1. The topological polar surface area (TPSA) is 23.6 Å². The minimum atomic E-state index is 0.182. The Kier molecular flexibility index (Phi) is 2.74. The van der Waals surface area contributed by atoms with Gasteiger partial charge in [-0.15, -0.1) is 11.8 Å². The fraction of sp³-hybridized carbons (Fsp3) is 0.462. The van der Waals surface area contributed by atoms with Crippen molar-refractivity contribution in [2.24, 2.45) is 0 Å². The quantitative estimate of drug-likeness (QED) is 0.800. The first kappa shape index (κ1) is 11.0. The minimum Gasteiger partial charge on any atom is -0.326 e. The zero-order valence-corrected chi connectivity index (χ0v) is 10.7. The van der Waals surface area contributed by atoms with Gasteiger partial charge in [-0.1, -0.05) is 18.2 Å². The Morgan fingerprint density at radius 1 is 1.35 bits per heavy atom. The van der Waals surface area contributed by atoms with Crippen LogP contribution in [0.5, 0.6) is 0 Å². The minimum absolute atomic E-state index is 0.182. The van der Waals surface area contributed by atoms with E-state index in [0.29, 0.717) is 5.25 Å². The zero-order chi connectivity index (χ0) is 11.8. The molecule has 1 aromatic rings. The van der Waals surface area contributed by atoms with Gasteiger partial charge in [0.1, 0.15) is 0 Å². The van der Waals surface area contributed by atoms with Crippen LogP contribution in [0.1, 0.15) is 5.56 Å². The van der Waals surface area contributed by atoms with Crippen molar-refractivity contribution in [2.75, 3.05) is 26.7 Å². The third-order valence-corrected chi connectivity index (χ3v) is 4.74. The fourth-order valence-electron chi connectivity index (χ4n) is 2.47. The Balaban J connectivity index is 1.64. The van der Waals surface area contributed by atoms with E-state index < -0.39 is 0 Å². The van der Waals surface area contributed by atoms with Gasteiger partial charge in [0.2, 0.25) is 0 Å². The van der Waals surface area contributed by atoms with Gasteiger partial charge in [0.15, 0.2) is 0 Å². The third kappa shape index (κ3) is 2.02. The Bertz CT molecular complexity index is 424. The maximum atomic E-state index is 11.8. The normalized spacial score (nSPS) is 23.4. The second kappa shape index (κ2) is 4.26. The lowest BCUT2D eigenvalue weighted by molar-refractivity contribution is 0.198. The van der Waals surface area contributed by atoms with Gasteiger partial charge in [0, 0.05) is 36.8 Å². The number of thioether (sulfide) groups is 1. The molecule has 3 rings (SSSR count). The molecule has 4 heteroatoms. The van der Waals surface area contributed by atoms with E-state index in [2.05, 4.69) is 24.3 Å². The van der Waals surface area contributed by atoms with Crippen LogP contribution < -0.4 is 0 Å². The number of hydrogen-bond acceptors (Lipinski definition) is 2. The van der Waals surface area contributed by atoms with Crippen LogP contribution in [0.25, 0.3) is 0 Å². The molecule has 3 nitrogen and oxygen atoms in total. The molecule has 2 aliphatic heterocycles. The number of amides is 2. The van der Waals surface area contributed by atoms with Gasteiger partial charge < -0.3 is 9.80 Å². The number of fused-ring (bicyclic) bond motifs is 1. The Morgan fingerprint density at radius 2 is 2.18 bits per heavy atom. The molecule has 0 aromatic heterocycles. The maximum Gasteiger partial charge on any atom is 0.319 e. The lowest BCUT2D eigenvalue weighted by Crippen LogP contribution is -2.34. The molecular formula is C13H16N2OS. The van der Waals surface area contributed by atoms with Crippen LogP contribution in [0.15, 0.2) is 29.2 Å². The summed E-state index contributed by atoms with van der Waals surface area (Å²) in [6, 6.07) is 8.74. The second-order valence-electron chi connectivity index (χ2n) is 4.70. The van der Waals surface area contributed by atoms with E-state index in [4.69, 9.17) is 0 Å². The molecule has 0 radical (unpaired) electrons. The molecule has 17 heavy (non-hydrogen) atoms. The van der Waals surface area contributed by atoms with E-state index in [-0.39, 0.29) is 6.03 Å². The molecule has 90 valence electrons. The molecule has 2 aliphatic rings. The Morgan fingerprint density at radius 3 is 2.88 bits per heavy atom. The van der Waals surface area contributed by atoms with Gasteiger partial charge in [-0.3, -0.25) is 0 Å². The average Bonchev–Trinajstić information content (AvgIpc) is 2.87. The number of carbonyl (C=O) groups excluding carboxylic acids is 1. The van der Waals surface area contributed by atoms with Crippen molar-refractivity contribution in [3.05, 3.63) is 29.8 Å². The molecule has 0 saturated carbocycles. The predicted molar refractivity (Wildman–Crippen MR) is 69.4 cm³/mol. The first-order valence-corrected chi connectivity index (χ1v) is 6.86. The smallest absolute Gasteiger partial charge is 0.319 e. The van der Waals surface area contributed by atoms with E-state index in [1.165, 1.54) is 10.5 Å². The highest BCUT2D eigenvalue weighted by Crippen LogP contribution is 2.37. The number of likely N-dealkylation sites (N-methyl/N-ethyl adjacent to an activating group) is 1. The maximum absolute atomic E-state index is 11.8. The number of carbonyl (C=O) groups is 1. The van der Waals surface area contributed by atoms with Gasteiger partial charge in [0.25, 0.3) is 0 Å². The fourth-order valence-corrected chi connectivity index (χ4v) is 3.81. The Hall–Kier alpha value is -1.16. The van der Waals surface area contributed by atoms with Crippen LogP contribution in [0.4, 0.5) is 4.79 Å². The first-order chi connectivity index (χ1) is 8.24. The highest BCUT2D eigenvalue weighted by molar-refractivity contribution is 8.00. The SMILES string of the molecule is CN1CCN(CC2Cc3ccccc3S2)C1=O. The number of nitrogens with zero attached hydrogens (tertiary/aromatic N) is 2. The summed E-state index contributed by atoms with van der Waals surface area (Å²) in [5.41, 5.74) is 1.43. The first-order valence-electron chi connectivity index (χ1n) is 5.98. The lowest BCUT2D eigenvalue weighted by Gasteiger charge is -2.19. The van der Waals surface area contributed by atoms with Crippen LogP contribution in [0, 0.1) is 0 Å². The summed E-state index contributed by atoms with van der Waals surface area (Å²) in [7, 11) is 1.87. The van der Waals surface area contributed by atoms with Crippen LogP contribution in [-0.2, 0) is 6.42 Å². The molecule has 0 N–H and O–H groups in total. The number of hydrogen-bond donors (Lipinski definition) is 0.